The lowest BCUT2D eigenvalue weighted by molar-refractivity contribution is 0.271. The van der Waals surface area contributed by atoms with Crippen molar-refractivity contribution >= 4 is 0 Å². The zero-order valence-electron chi connectivity index (χ0n) is 10.8. The average molecular weight is 233 g/mol. The number of benzene rings is 1. The Kier molecular flexibility index (Phi) is 4.06. The number of rotatable bonds is 3. The Hall–Kier alpha value is -1.02. The summed E-state index contributed by atoms with van der Waals surface area (Å²) >= 11 is 0. The Morgan fingerprint density at radius 1 is 1.12 bits per heavy atom. The monoisotopic (exact) mass is 233 g/mol. The van der Waals surface area contributed by atoms with Gasteiger partial charge in [0.15, 0.2) is 0 Å². The molecule has 1 unspecified atom stereocenters. The number of hydrogen-bond acceptors (Lipinski definition) is 2. The molecule has 2 heteroatoms. The van der Waals surface area contributed by atoms with Crippen molar-refractivity contribution in [3.05, 3.63) is 29.8 Å². The molecule has 1 fully saturated rings. The van der Waals surface area contributed by atoms with E-state index in [9.17, 15) is 5.11 Å². The molecule has 0 bridgehead atoms. The van der Waals surface area contributed by atoms with E-state index in [0.717, 1.165) is 19.0 Å². The van der Waals surface area contributed by atoms with Gasteiger partial charge in [-0.05, 0) is 61.4 Å². The van der Waals surface area contributed by atoms with Crippen molar-refractivity contribution in [1.82, 2.24) is 5.32 Å². The van der Waals surface area contributed by atoms with Crippen LogP contribution in [-0.4, -0.2) is 18.2 Å². The molecule has 2 rings (SSSR count). The van der Waals surface area contributed by atoms with Gasteiger partial charge < -0.3 is 10.4 Å². The molecule has 0 amide bonds. The summed E-state index contributed by atoms with van der Waals surface area (Å²) in [4.78, 5) is 0. The van der Waals surface area contributed by atoms with Crippen LogP contribution in [0.25, 0.3) is 0 Å². The number of phenolic OH excluding ortho intramolecular Hbond substituents is 1. The first-order valence-electron chi connectivity index (χ1n) is 6.68. The van der Waals surface area contributed by atoms with E-state index in [1.807, 2.05) is 12.1 Å². The maximum Gasteiger partial charge on any atom is 0.115 e. The second-order valence-corrected chi connectivity index (χ2v) is 5.45. The maximum absolute atomic E-state index is 9.38. The SMILES string of the molecule is CC(C)C(c1ccc(O)cc1)C1CCNCC1. The average Bonchev–Trinajstić information content (AvgIpc) is 2.33. The minimum absolute atomic E-state index is 0.363. The van der Waals surface area contributed by atoms with Crippen molar-refractivity contribution in [2.24, 2.45) is 11.8 Å². The third-order valence-corrected chi connectivity index (χ3v) is 3.89. The molecule has 1 aliphatic rings. The fraction of sp³-hybridized carbons (Fsp3) is 0.600. The fourth-order valence-corrected chi connectivity index (χ4v) is 3.10. The summed E-state index contributed by atoms with van der Waals surface area (Å²) in [6.07, 6.45) is 2.54. The van der Waals surface area contributed by atoms with E-state index in [2.05, 4.69) is 31.3 Å². The van der Waals surface area contributed by atoms with E-state index in [-0.39, 0.29) is 0 Å². The normalized spacial score (nSPS) is 19.5. The largest absolute Gasteiger partial charge is 0.508 e. The predicted octanol–water partition coefficient (Wildman–Crippen LogP) is 3.13. The van der Waals surface area contributed by atoms with E-state index in [1.54, 1.807) is 0 Å². The molecule has 0 aromatic heterocycles. The number of phenols is 1. The third kappa shape index (κ3) is 3.01. The zero-order chi connectivity index (χ0) is 12.3. The van der Waals surface area contributed by atoms with Gasteiger partial charge in [-0.25, -0.2) is 0 Å². The van der Waals surface area contributed by atoms with Gasteiger partial charge in [-0.1, -0.05) is 26.0 Å². The molecule has 1 aliphatic heterocycles. The fourth-order valence-electron chi connectivity index (χ4n) is 3.10. The molecule has 2 nitrogen and oxygen atoms in total. The van der Waals surface area contributed by atoms with E-state index in [1.165, 1.54) is 18.4 Å². The highest BCUT2D eigenvalue weighted by molar-refractivity contribution is 5.29. The van der Waals surface area contributed by atoms with Gasteiger partial charge in [0.2, 0.25) is 0 Å². The summed E-state index contributed by atoms with van der Waals surface area (Å²) < 4.78 is 0. The Labute approximate surface area is 104 Å². The van der Waals surface area contributed by atoms with Crippen LogP contribution < -0.4 is 5.32 Å². The third-order valence-electron chi connectivity index (χ3n) is 3.89. The lowest BCUT2D eigenvalue weighted by Crippen LogP contribution is -2.32. The van der Waals surface area contributed by atoms with Gasteiger partial charge in [0.05, 0.1) is 0 Å². The van der Waals surface area contributed by atoms with Crippen LogP contribution >= 0.6 is 0 Å². The molecule has 0 saturated carbocycles. The van der Waals surface area contributed by atoms with Crippen molar-refractivity contribution in [1.29, 1.82) is 0 Å². The minimum Gasteiger partial charge on any atom is -0.508 e. The number of hydrogen-bond donors (Lipinski definition) is 2. The molecule has 1 aromatic carbocycles. The van der Waals surface area contributed by atoms with Gasteiger partial charge in [0.1, 0.15) is 5.75 Å². The Bertz CT molecular complexity index is 338. The first-order valence-corrected chi connectivity index (χ1v) is 6.68. The molecule has 94 valence electrons. The molecule has 0 aliphatic carbocycles. The summed E-state index contributed by atoms with van der Waals surface area (Å²) in [5.41, 5.74) is 1.38. The van der Waals surface area contributed by atoms with Crippen LogP contribution in [0.15, 0.2) is 24.3 Å². The summed E-state index contributed by atoms with van der Waals surface area (Å²) in [5, 5.41) is 12.8. The van der Waals surface area contributed by atoms with E-state index >= 15 is 0 Å². The second-order valence-electron chi connectivity index (χ2n) is 5.45. The van der Waals surface area contributed by atoms with Crippen LogP contribution in [0.5, 0.6) is 5.75 Å². The summed E-state index contributed by atoms with van der Waals surface area (Å²) in [5.74, 6) is 2.42. The van der Waals surface area contributed by atoms with E-state index in [0.29, 0.717) is 17.6 Å². The highest BCUT2D eigenvalue weighted by atomic mass is 16.3. The molecule has 1 saturated heterocycles. The van der Waals surface area contributed by atoms with Crippen LogP contribution in [0.4, 0.5) is 0 Å². The quantitative estimate of drug-likeness (QED) is 0.840. The zero-order valence-corrected chi connectivity index (χ0v) is 10.8. The van der Waals surface area contributed by atoms with Crippen LogP contribution in [0.1, 0.15) is 38.2 Å². The van der Waals surface area contributed by atoms with Crippen LogP contribution in [0.2, 0.25) is 0 Å². The van der Waals surface area contributed by atoms with E-state index in [4.69, 9.17) is 0 Å². The van der Waals surface area contributed by atoms with Gasteiger partial charge in [-0.15, -0.1) is 0 Å². The molecular weight excluding hydrogens is 210 g/mol. The van der Waals surface area contributed by atoms with Gasteiger partial charge in [-0.3, -0.25) is 0 Å². The molecule has 0 spiro atoms. The predicted molar refractivity (Wildman–Crippen MR) is 71.3 cm³/mol. The van der Waals surface area contributed by atoms with Crippen LogP contribution in [0.3, 0.4) is 0 Å². The summed E-state index contributed by atoms with van der Waals surface area (Å²) in [6, 6.07) is 7.79. The smallest absolute Gasteiger partial charge is 0.115 e. The van der Waals surface area contributed by atoms with Gasteiger partial charge in [-0.2, -0.15) is 0 Å². The lowest BCUT2D eigenvalue weighted by atomic mass is 9.74. The highest BCUT2D eigenvalue weighted by Gasteiger charge is 2.27. The molecule has 17 heavy (non-hydrogen) atoms. The Balaban J connectivity index is 2.18. The van der Waals surface area contributed by atoms with Gasteiger partial charge in [0, 0.05) is 0 Å². The van der Waals surface area contributed by atoms with Crippen molar-refractivity contribution in [3.63, 3.8) is 0 Å². The van der Waals surface area contributed by atoms with Gasteiger partial charge in [0.25, 0.3) is 0 Å². The van der Waals surface area contributed by atoms with Crippen molar-refractivity contribution in [2.45, 2.75) is 32.6 Å². The summed E-state index contributed by atoms with van der Waals surface area (Å²) in [7, 11) is 0. The minimum atomic E-state index is 0.363. The first-order chi connectivity index (χ1) is 8.18. The number of aromatic hydroxyl groups is 1. The van der Waals surface area contributed by atoms with Crippen LogP contribution in [-0.2, 0) is 0 Å². The molecule has 0 radical (unpaired) electrons. The highest BCUT2D eigenvalue weighted by Crippen LogP contribution is 2.37. The number of piperidine rings is 1. The standard InChI is InChI=1S/C15H23NO/c1-11(2)15(13-7-9-16-10-8-13)12-3-5-14(17)6-4-12/h3-6,11,13,15-17H,7-10H2,1-2H3. The first kappa shape index (κ1) is 12.4. The molecule has 2 N–H and O–H groups in total. The summed E-state index contributed by atoms with van der Waals surface area (Å²) in [6.45, 7) is 6.90. The lowest BCUT2D eigenvalue weighted by Gasteiger charge is -2.33. The van der Waals surface area contributed by atoms with Crippen molar-refractivity contribution in [2.75, 3.05) is 13.1 Å². The van der Waals surface area contributed by atoms with Crippen molar-refractivity contribution in [3.8, 4) is 5.75 Å². The topological polar surface area (TPSA) is 32.3 Å². The molecule has 1 heterocycles. The molecular formula is C15H23NO. The van der Waals surface area contributed by atoms with E-state index < -0.39 is 0 Å². The maximum atomic E-state index is 9.38. The number of nitrogens with one attached hydrogen (secondary N) is 1. The Morgan fingerprint density at radius 2 is 1.71 bits per heavy atom. The van der Waals surface area contributed by atoms with Crippen LogP contribution in [0, 0.1) is 11.8 Å². The van der Waals surface area contributed by atoms with Gasteiger partial charge >= 0.3 is 0 Å². The molecule has 1 aromatic rings. The second kappa shape index (κ2) is 5.54. The molecule has 1 atom stereocenters. The Morgan fingerprint density at radius 3 is 2.24 bits per heavy atom. The van der Waals surface area contributed by atoms with Crippen molar-refractivity contribution < 1.29 is 5.11 Å².